The van der Waals surface area contributed by atoms with Gasteiger partial charge in [0.1, 0.15) is 12.4 Å². The first kappa shape index (κ1) is 20.8. The Morgan fingerprint density at radius 3 is 2.45 bits per heavy atom. The molecule has 2 aromatic carbocycles. The number of alkyl halides is 2. The number of amides is 2. The van der Waals surface area contributed by atoms with E-state index in [-0.39, 0.29) is 11.8 Å². The Morgan fingerprint density at radius 1 is 1.14 bits per heavy atom. The van der Waals surface area contributed by atoms with E-state index in [4.69, 9.17) is 4.74 Å². The van der Waals surface area contributed by atoms with Crippen LogP contribution in [0.15, 0.2) is 48.5 Å². The minimum Gasteiger partial charge on any atom is -0.487 e. The molecule has 3 unspecified atom stereocenters. The molecule has 0 aromatic heterocycles. The molecule has 3 rings (SSSR count). The highest BCUT2D eigenvalue weighted by Gasteiger charge is 2.41. The van der Waals surface area contributed by atoms with Crippen LogP contribution < -0.4 is 15.4 Å². The zero-order valence-corrected chi connectivity index (χ0v) is 16.3. The number of nitrogens with one attached hydrogen (secondary N) is 2. The van der Waals surface area contributed by atoms with Crippen LogP contribution in [0.25, 0.3) is 0 Å². The number of carbonyl (C=O) groups excluding carboxylic acids is 2. The molecule has 154 valence electrons. The SMILES string of the molecule is Cc1ccc(NC(=O)C(=O)NC(c2ccccc2)C2CC2C)cc1OCC(F)F. The molecule has 0 radical (unpaired) electrons. The van der Waals surface area contributed by atoms with Crippen LogP contribution in [0, 0.1) is 18.8 Å². The lowest BCUT2D eigenvalue weighted by atomic mass is 10.0. The topological polar surface area (TPSA) is 67.4 Å². The summed E-state index contributed by atoms with van der Waals surface area (Å²) in [6, 6.07) is 14.0. The first-order chi connectivity index (χ1) is 13.8. The molecule has 2 aromatic rings. The van der Waals surface area contributed by atoms with E-state index >= 15 is 0 Å². The molecular formula is C22H24F2N2O3. The van der Waals surface area contributed by atoms with Gasteiger partial charge in [0.05, 0.1) is 6.04 Å². The number of anilines is 1. The minimum absolute atomic E-state index is 0.229. The highest BCUT2D eigenvalue weighted by Crippen LogP contribution is 2.46. The highest BCUT2D eigenvalue weighted by atomic mass is 19.3. The molecule has 0 heterocycles. The Labute approximate surface area is 168 Å². The summed E-state index contributed by atoms with van der Waals surface area (Å²) < 4.78 is 29.8. The number of ether oxygens (including phenoxy) is 1. The summed E-state index contributed by atoms with van der Waals surface area (Å²) in [5, 5.41) is 5.34. The fraction of sp³-hybridized carbons (Fsp3) is 0.364. The van der Waals surface area contributed by atoms with Crippen LogP contribution in [0.2, 0.25) is 0 Å². The summed E-state index contributed by atoms with van der Waals surface area (Å²) in [5.41, 5.74) is 1.91. The molecule has 1 saturated carbocycles. The molecule has 0 bridgehead atoms. The van der Waals surface area contributed by atoms with Gasteiger partial charge in [0.25, 0.3) is 6.43 Å². The smallest absolute Gasteiger partial charge is 0.313 e. The summed E-state index contributed by atoms with van der Waals surface area (Å²) in [6.45, 7) is 3.08. The Morgan fingerprint density at radius 2 is 1.83 bits per heavy atom. The fourth-order valence-corrected chi connectivity index (χ4v) is 3.29. The number of hydrogen-bond acceptors (Lipinski definition) is 3. The van der Waals surface area contributed by atoms with E-state index in [1.807, 2.05) is 30.3 Å². The van der Waals surface area contributed by atoms with E-state index in [0.717, 1.165) is 12.0 Å². The van der Waals surface area contributed by atoms with Crippen molar-refractivity contribution < 1.29 is 23.1 Å². The lowest BCUT2D eigenvalue weighted by Gasteiger charge is -2.19. The van der Waals surface area contributed by atoms with Gasteiger partial charge in [-0.3, -0.25) is 9.59 Å². The van der Waals surface area contributed by atoms with E-state index in [9.17, 15) is 18.4 Å². The van der Waals surface area contributed by atoms with Crippen molar-refractivity contribution in [1.82, 2.24) is 5.32 Å². The van der Waals surface area contributed by atoms with Crippen molar-refractivity contribution in [3.05, 3.63) is 59.7 Å². The van der Waals surface area contributed by atoms with Crippen LogP contribution in [-0.2, 0) is 9.59 Å². The third-order valence-electron chi connectivity index (χ3n) is 5.06. The second-order valence-corrected chi connectivity index (χ2v) is 7.38. The first-order valence-corrected chi connectivity index (χ1v) is 9.53. The van der Waals surface area contributed by atoms with Gasteiger partial charge >= 0.3 is 11.8 Å². The molecule has 1 aliphatic rings. The number of hydrogen-bond donors (Lipinski definition) is 2. The maximum Gasteiger partial charge on any atom is 0.313 e. The zero-order valence-electron chi connectivity index (χ0n) is 16.3. The quantitative estimate of drug-likeness (QED) is 0.686. The van der Waals surface area contributed by atoms with Gasteiger partial charge in [0.15, 0.2) is 0 Å². The van der Waals surface area contributed by atoms with Crippen LogP contribution in [0.5, 0.6) is 5.75 Å². The van der Waals surface area contributed by atoms with E-state index in [1.54, 1.807) is 19.1 Å². The summed E-state index contributed by atoms with van der Waals surface area (Å²) >= 11 is 0. The molecule has 0 spiro atoms. The largest absolute Gasteiger partial charge is 0.487 e. The summed E-state index contributed by atoms with van der Waals surface area (Å²) in [5.74, 6) is -0.549. The van der Waals surface area contributed by atoms with Crippen LogP contribution in [0.4, 0.5) is 14.5 Å². The van der Waals surface area contributed by atoms with E-state index in [0.29, 0.717) is 23.1 Å². The Hall–Kier alpha value is -2.96. The van der Waals surface area contributed by atoms with Crippen molar-refractivity contribution in [1.29, 1.82) is 0 Å². The molecule has 3 atom stereocenters. The molecule has 1 fully saturated rings. The number of rotatable bonds is 7. The van der Waals surface area contributed by atoms with Gasteiger partial charge in [-0.05, 0) is 42.4 Å². The van der Waals surface area contributed by atoms with Crippen LogP contribution in [0.1, 0.15) is 30.5 Å². The average Bonchev–Trinajstić information content (AvgIpc) is 3.42. The Kier molecular flexibility index (Phi) is 6.46. The lowest BCUT2D eigenvalue weighted by Crippen LogP contribution is -2.38. The van der Waals surface area contributed by atoms with Crippen molar-refractivity contribution in [3.63, 3.8) is 0 Å². The van der Waals surface area contributed by atoms with Crippen molar-refractivity contribution >= 4 is 17.5 Å². The van der Waals surface area contributed by atoms with Gasteiger partial charge in [-0.2, -0.15) is 0 Å². The average molecular weight is 402 g/mol. The van der Waals surface area contributed by atoms with Crippen molar-refractivity contribution in [2.75, 3.05) is 11.9 Å². The van der Waals surface area contributed by atoms with Crippen LogP contribution >= 0.6 is 0 Å². The molecular weight excluding hydrogens is 378 g/mol. The molecule has 1 aliphatic carbocycles. The highest BCUT2D eigenvalue weighted by molar-refractivity contribution is 6.39. The minimum atomic E-state index is -2.60. The molecule has 2 amide bonds. The molecule has 29 heavy (non-hydrogen) atoms. The predicted octanol–water partition coefficient (Wildman–Crippen LogP) is 4.09. The lowest BCUT2D eigenvalue weighted by molar-refractivity contribution is -0.136. The monoisotopic (exact) mass is 402 g/mol. The van der Waals surface area contributed by atoms with Gasteiger partial charge in [0.2, 0.25) is 0 Å². The summed E-state index contributed by atoms with van der Waals surface area (Å²) in [7, 11) is 0. The van der Waals surface area contributed by atoms with E-state index < -0.39 is 24.8 Å². The van der Waals surface area contributed by atoms with Gasteiger partial charge in [-0.15, -0.1) is 0 Å². The number of halogens is 2. The molecule has 7 heteroatoms. The molecule has 0 aliphatic heterocycles. The van der Waals surface area contributed by atoms with Crippen LogP contribution in [-0.4, -0.2) is 24.8 Å². The zero-order chi connectivity index (χ0) is 21.0. The summed E-state index contributed by atoms with van der Waals surface area (Å²) in [4.78, 5) is 24.9. The Balaban J connectivity index is 1.65. The third-order valence-corrected chi connectivity index (χ3v) is 5.06. The normalized spacial score (nSPS) is 18.8. The molecule has 5 nitrogen and oxygen atoms in total. The maximum atomic E-state index is 12.5. The number of aryl methyl sites for hydroxylation is 1. The second kappa shape index (κ2) is 9.03. The first-order valence-electron chi connectivity index (χ1n) is 9.53. The van der Waals surface area contributed by atoms with E-state index in [1.165, 1.54) is 6.07 Å². The third kappa shape index (κ3) is 5.53. The maximum absolute atomic E-state index is 12.5. The number of benzene rings is 2. The van der Waals surface area contributed by atoms with Gasteiger partial charge < -0.3 is 15.4 Å². The predicted molar refractivity (Wildman–Crippen MR) is 106 cm³/mol. The van der Waals surface area contributed by atoms with Crippen molar-refractivity contribution in [2.24, 2.45) is 11.8 Å². The van der Waals surface area contributed by atoms with Gasteiger partial charge in [-0.1, -0.05) is 43.3 Å². The number of carbonyl (C=O) groups is 2. The molecule has 0 saturated heterocycles. The standard InChI is InChI=1S/C22H24F2N2O3/c1-13-8-9-16(11-18(13)29-12-19(23)24)25-21(27)22(28)26-20(17-10-14(17)2)15-6-4-3-5-7-15/h3-9,11,14,17,19-20H,10,12H2,1-2H3,(H,25,27)(H,26,28). The van der Waals surface area contributed by atoms with Gasteiger partial charge in [0, 0.05) is 11.8 Å². The molecule has 2 N–H and O–H groups in total. The van der Waals surface area contributed by atoms with Crippen molar-refractivity contribution in [3.8, 4) is 5.75 Å². The van der Waals surface area contributed by atoms with E-state index in [2.05, 4.69) is 17.6 Å². The second-order valence-electron chi connectivity index (χ2n) is 7.38. The van der Waals surface area contributed by atoms with Gasteiger partial charge in [-0.25, -0.2) is 8.78 Å². The fourth-order valence-electron chi connectivity index (χ4n) is 3.29. The Bertz CT molecular complexity index is 874. The van der Waals surface area contributed by atoms with Crippen LogP contribution in [0.3, 0.4) is 0 Å². The summed E-state index contributed by atoms with van der Waals surface area (Å²) in [6.07, 6.45) is -1.61. The van der Waals surface area contributed by atoms with Crippen molar-refractivity contribution in [2.45, 2.75) is 32.7 Å².